The van der Waals surface area contributed by atoms with Gasteiger partial charge in [0, 0.05) is 12.2 Å². The first-order valence-electron chi connectivity index (χ1n) is 7.30. The molecule has 1 unspecified atom stereocenters. The summed E-state index contributed by atoms with van der Waals surface area (Å²) in [4.78, 5) is 2.37. The summed E-state index contributed by atoms with van der Waals surface area (Å²) >= 11 is 0. The zero-order valence-electron chi connectivity index (χ0n) is 13.5. The zero-order chi connectivity index (χ0) is 14.3. The van der Waals surface area contributed by atoms with Gasteiger partial charge in [-0.25, -0.2) is 0 Å². The maximum atomic E-state index is 4.62. The minimum absolute atomic E-state index is 0.590. The van der Waals surface area contributed by atoms with Crippen LogP contribution in [0.25, 0.3) is 0 Å². The van der Waals surface area contributed by atoms with Gasteiger partial charge in [0.05, 0.1) is 11.7 Å². The molecule has 1 fully saturated rings. The van der Waals surface area contributed by atoms with Gasteiger partial charge < -0.3 is 4.90 Å². The lowest BCUT2D eigenvalue weighted by atomic mass is 10.2. The van der Waals surface area contributed by atoms with Crippen LogP contribution >= 0.6 is 0 Å². The largest absolute Gasteiger partial charge is 0.304 e. The molecule has 0 radical (unpaired) electrons. The van der Waals surface area contributed by atoms with Gasteiger partial charge in [-0.2, -0.15) is 5.10 Å². The fourth-order valence-corrected chi connectivity index (χ4v) is 2.21. The number of hydrogen-bond acceptors (Lipinski definition) is 2. The zero-order valence-corrected chi connectivity index (χ0v) is 13.5. The van der Waals surface area contributed by atoms with Gasteiger partial charge >= 0.3 is 0 Å². The summed E-state index contributed by atoms with van der Waals surface area (Å²) in [6, 6.07) is 0.590. The molecule has 106 valence electrons. The first-order chi connectivity index (χ1) is 8.59. The number of rotatable bonds is 1. The molecule has 0 bridgehead atoms. The Hall–Kier alpha value is -0.830. The fraction of sp³-hybridized carbons (Fsp3) is 0.800. The quantitative estimate of drug-likeness (QED) is 0.760. The summed E-state index contributed by atoms with van der Waals surface area (Å²) in [6.45, 7) is 16.8. The van der Waals surface area contributed by atoms with E-state index < -0.39 is 0 Å². The van der Waals surface area contributed by atoms with Crippen LogP contribution in [0.1, 0.15) is 57.1 Å². The fourth-order valence-electron chi connectivity index (χ4n) is 2.21. The van der Waals surface area contributed by atoms with Crippen LogP contribution in [-0.4, -0.2) is 34.8 Å². The standard InChI is InChI=1S/C11H19N3.2C2H6/c1-8-9(2)12-14(10(8)3)11-5-6-13(4)7-11;2*1-2/h11H,5-7H2,1-4H3;2*1-2H3. The second-order valence-electron chi connectivity index (χ2n) is 4.45. The van der Waals surface area contributed by atoms with Crippen molar-refractivity contribution in [1.29, 1.82) is 0 Å². The van der Waals surface area contributed by atoms with Crippen LogP contribution in [0.5, 0.6) is 0 Å². The Bertz CT molecular complexity index is 342. The van der Waals surface area contributed by atoms with Crippen molar-refractivity contribution in [3.05, 3.63) is 17.0 Å². The minimum Gasteiger partial charge on any atom is -0.304 e. The number of nitrogens with zero attached hydrogens (tertiary/aromatic N) is 3. The predicted molar refractivity (Wildman–Crippen MR) is 80.3 cm³/mol. The van der Waals surface area contributed by atoms with Crippen molar-refractivity contribution in [3.63, 3.8) is 0 Å². The van der Waals surface area contributed by atoms with E-state index in [9.17, 15) is 0 Å². The predicted octanol–water partition coefficient (Wildman–Crippen LogP) is 3.74. The number of likely N-dealkylation sites (N-methyl/N-ethyl adjacent to an activating group) is 1. The highest BCUT2D eigenvalue weighted by molar-refractivity contribution is 5.22. The molecule has 0 amide bonds. The van der Waals surface area contributed by atoms with Crippen molar-refractivity contribution in [2.75, 3.05) is 20.1 Å². The SMILES string of the molecule is CC.CC.Cc1nn(C2CCN(C)C2)c(C)c1C. The molecular formula is C15H31N3. The second-order valence-corrected chi connectivity index (χ2v) is 4.45. The van der Waals surface area contributed by atoms with Gasteiger partial charge in [0.1, 0.15) is 0 Å². The number of likely N-dealkylation sites (tertiary alicyclic amines) is 1. The maximum Gasteiger partial charge on any atom is 0.0661 e. The van der Waals surface area contributed by atoms with Gasteiger partial charge in [-0.15, -0.1) is 0 Å². The monoisotopic (exact) mass is 253 g/mol. The molecule has 0 aromatic carbocycles. The number of aromatic nitrogens is 2. The third-order valence-corrected chi connectivity index (χ3v) is 3.40. The van der Waals surface area contributed by atoms with E-state index >= 15 is 0 Å². The van der Waals surface area contributed by atoms with Crippen LogP contribution in [0, 0.1) is 20.8 Å². The van der Waals surface area contributed by atoms with E-state index in [1.165, 1.54) is 29.9 Å². The molecule has 1 aromatic rings. The van der Waals surface area contributed by atoms with E-state index in [2.05, 4.69) is 42.5 Å². The smallest absolute Gasteiger partial charge is 0.0661 e. The minimum atomic E-state index is 0.590. The Kier molecular flexibility index (Phi) is 7.92. The third kappa shape index (κ3) is 3.84. The van der Waals surface area contributed by atoms with E-state index in [4.69, 9.17) is 0 Å². The molecule has 0 saturated carbocycles. The van der Waals surface area contributed by atoms with Crippen LogP contribution in [0.2, 0.25) is 0 Å². The molecule has 1 saturated heterocycles. The molecule has 0 spiro atoms. The molecule has 3 nitrogen and oxygen atoms in total. The summed E-state index contributed by atoms with van der Waals surface area (Å²) in [5, 5.41) is 4.62. The topological polar surface area (TPSA) is 21.1 Å². The lowest BCUT2D eigenvalue weighted by molar-refractivity contribution is 0.379. The molecule has 1 aromatic heterocycles. The van der Waals surface area contributed by atoms with Gasteiger partial charge in [0.25, 0.3) is 0 Å². The Labute approximate surface area is 113 Å². The van der Waals surface area contributed by atoms with E-state index in [0.29, 0.717) is 6.04 Å². The van der Waals surface area contributed by atoms with Crippen LogP contribution in [-0.2, 0) is 0 Å². The molecule has 1 aliphatic heterocycles. The van der Waals surface area contributed by atoms with Gasteiger partial charge in [-0.05, 0) is 46.3 Å². The van der Waals surface area contributed by atoms with Gasteiger partial charge in [-0.3, -0.25) is 4.68 Å². The summed E-state index contributed by atoms with van der Waals surface area (Å²) < 4.78 is 2.22. The van der Waals surface area contributed by atoms with E-state index in [1.807, 2.05) is 27.7 Å². The average molecular weight is 253 g/mol. The van der Waals surface area contributed by atoms with E-state index in [1.54, 1.807) is 0 Å². The Morgan fingerprint density at radius 1 is 1.06 bits per heavy atom. The maximum absolute atomic E-state index is 4.62. The summed E-state index contributed by atoms with van der Waals surface area (Å²) in [5.41, 5.74) is 3.86. The van der Waals surface area contributed by atoms with Crippen molar-refractivity contribution in [1.82, 2.24) is 14.7 Å². The molecule has 0 N–H and O–H groups in total. The Morgan fingerprint density at radius 2 is 1.61 bits per heavy atom. The Morgan fingerprint density at radius 3 is 1.94 bits per heavy atom. The first-order valence-corrected chi connectivity index (χ1v) is 7.30. The van der Waals surface area contributed by atoms with Crippen molar-refractivity contribution >= 4 is 0 Å². The third-order valence-electron chi connectivity index (χ3n) is 3.40. The van der Waals surface area contributed by atoms with Crippen LogP contribution in [0.3, 0.4) is 0 Å². The van der Waals surface area contributed by atoms with E-state index in [-0.39, 0.29) is 0 Å². The van der Waals surface area contributed by atoms with Crippen molar-refractivity contribution in [2.45, 2.75) is 60.9 Å². The first kappa shape index (κ1) is 17.2. The van der Waals surface area contributed by atoms with Crippen molar-refractivity contribution in [3.8, 4) is 0 Å². The second kappa shape index (κ2) is 8.30. The van der Waals surface area contributed by atoms with Crippen LogP contribution in [0.4, 0.5) is 0 Å². The highest BCUT2D eigenvalue weighted by Gasteiger charge is 2.23. The highest BCUT2D eigenvalue weighted by atomic mass is 15.3. The van der Waals surface area contributed by atoms with Crippen molar-refractivity contribution in [2.24, 2.45) is 0 Å². The van der Waals surface area contributed by atoms with Gasteiger partial charge in [0.15, 0.2) is 0 Å². The summed E-state index contributed by atoms with van der Waals surface area (Å²) in [6.07, 6.45) is 1.23. The van der Waals surface area contributed by atoms with E-state index in [0.717, 1.165) is 6.54 Å². The Balaban J connectivity index is 0.000000659. The van der Waals surface area contributed by atoms with Crippen LogP contribution < -0.4 is 0 Å². The lowest BCUT2D eigenvalue weighted by Crippen LogP contribution is -2.18. The molecule has 2 rings (SSSR count). The summed E-state index contributed by atoms with van der Waals surface area (Å²) in [5.74, 6) is 0. The van der Waals surface area contributed by atoms with Crippen LogP contribution in [0.15, 0.2) is 0 Å². The van der Waals surface area contributed by atoms with Crippen molar-refractivity contribution < 1.29 is 0 Å². The summed E-state index contributed by atoms with van der Waals surface area (Å²) in [7, 11) is 2.18. The molecule has 1 aliphatic rings. The highest BCUT2D eigenvalue weighted by Crippen LogP contribution is 2.23. The van der Waals surface area contributed by atoms with Gasteiger partial charge in [0.2, 0.25) is 0 Å². The molecule has 2 heterocycles. The number of hydrogen-bond donors (Lipinski definition) is 0. The number of aryl methyl sites for hydroxylation is 1. The molecule has 1 atom stereocenters. The lowest BCUT2D eigenvalue weighted by Gasteiger charge is -2.13. The molecule has 0 aliphatic carbocycles. The molecule has 3 heteroatoms. The average Bonchev–Trinajstić information content (AvgIpc) is 2.94. The molecule has 18 heavy (non-hydrogen) atoms. The van der Waals surface area contributed by atoms with Gasteiger partial charge in [-0.1, -0.05) is 27.7 Å². The normalized spacial score (nSPS) is 18.8. The molecular weight excluding hydrogens is 222 g/mol.